The van der Waals surface area contributed by atoms with E-state index in [1.54, 1.807) is 30.0 Å². The van der Waals surface area contributed by atoms with Gasteiger partial charge in [-0.05, 0) is 12.1 Å². The molecule has 1 aromatic carbocycles. The smallest absolute Gasteiger partial charge is 0.283 e. The molecular weight excluding hydrogens is 394 g/mol. The molecule has 0 bridgehead atoms. The predicted molar refractivity (Wildman–Crippen MR) is 107 cm³/mol. The summed E-state index contributed by atoms with van der Waals surface area (Å²) in [5.74, 6) is 6.81. The van der Waals surface area contributed by atoms with Crippen molar-refractivity contribution in [3.8, 4) is 0 Å². The van der Waals surface area contributed by atoms with Gasteiger partial charge in [-0.2, -0.15) is 25.2 Å². The molecule has 2 aromatic rings. The molecule has 0 saturated heterocycles. The van der Waals surface area contributed by atoms with E-state index in [4.69, 9.17) is 17.3 Å². The van der Waals surface area contributed by atoms with Gasteiger partial charge in [0.2, 0.25) is 5.13 Å². The first-order chi connectivity index (χ1) is 12.4. The van der Waals surface area contributed by atoms with Gasteiger partial charge in [0.05, 0.1) is 10.6 Å². The maximum atomic E-state index is 12.2. The summed E-state index contributed by atoms with van der Waals surface area (Å²) < 4.78 is 28.2. The number of hydrogen-bond acceptors (Lipinski definition) is 7. The fourth-order valence-corrected chi connectivity index (χ4v) is 4.50. The highest BCUT2D eigenvalue weighted by atomic mass is 32.2. The highest BCUT2D eigenvalue weighted by molar-refractivity contribution is 7.98. The van der Waals surface area contributed by atoms with E-state index in [0.717, 1.165) is 5.69 Å². The number of nitrogens with zero attached hydrogens (tertiary/aromatic N) is 3. The van der Waals surface area contributed by atoms with Crippen molar-refractivity contribution in [2.24, 2.45) is 26.7 Å². The molecule has 0 aliphatic rings. The molecule has 26 heavy (non-hydrogen) atoms. The lowest BCUT2D eigenvalue weighted by Crippen LogP contribution is -2.31. The van der Waals surface area contributed by atoms with Crippen molar-refractivity contribution in [1.82, 2.24) is 10.4 Å². The number of hydrogen-bond donors (Lipinski definition) is 4. The molecule has 7 N–H and O–H groups in total. The molecule has 2 rings (SSSR count). The van der Waals surface area contributed by atoms with Gasteiger partial charge in [0, 0.05) is 23.3 Å². The van der Waals surface area contributed by atoms with Crippen LogP contribution in [0.2, 0.25) is 0 Å². The summed E-state index contributed by atoms with van der Waals surface area (Å²) in [6.07, 6.45) is 0.373. The van der Waals surface area contributed by atoms with Gasteiger partial charge in [-0.15, -0.1) is 15.7 Å². The number of rotatable bonds is 8. The van der Waals surface area contributed by atoms with E-state index in [2.05, 4.69) is 19.8 Å². The molecule has 0 fully saturated rings. The summed E-state index contributed by atoms with van der Waals surface area (Å²) in [6.45, 7) is 0. The van der Waals surface area contributed by atoms with Gasteiger partial charge in [-0.1, -0.05) is 18.2 Å². The number of aliphatic imine (C=N–C) groups is 1. The Hall–Kier alpha value is -2.15. The number of sulfonamides is 1. The summed E-state index contributed by atoms with van der Waals surface area (Å²) in [6, 6.07) is 7.98. The molecule has 9 nitrogen and oxygen atoms in total. The lowest BCUT2D eigenvalue weighted by atomic mass is 10.4. The third kappa shape index (κ3) is 6.29. The second-order valence-electron chi connectivity index (χ2n) is 4.93. The Morgan fingerprint density at radius 3 is 2.65 bits per heavy atom. The Bertz CT molecular complexity index is 875. The van der Waals surface area contributed by atoms with Crippen LogP contribution in [0.5, 0.6) is 0 Å². The van der Waals surface area contributed by atoms with Gasteiger partial charge in [0.1, 0.15) is 5.84 Å². The van der Waals surface area contributed by atoms with Crippen LogP contribution in [0.3, 0.4) is 0 Å². The van der Waals surface area contributed by atoms with Crippen LogP contribution < -0.4 is 22.7 Å². The van der Waals surface area contributed by atoms with Crippen molar-refractivity contribution in [3.63, 3.8) is 0 Å². The Kier molecular flexibility index (Phi) is 7.38. The van der Waals surface area contributed by atoms with Crippen molar-refractivity contribution in [1.29, 1.82) is 0 Å². The molecule has 0 aliphatic heterocycles. The van der Waals surface area contributed by atoms with Gasteiger partial charge >= 0.3 is 0 Å². The van der Waals surface area contributed by atoms with E-state index in [1.807, 2.05) is 5.38 Å². The highest BCUT2D eigenvalue weighted by Gasteiger charge is 2.13. The first-order valence-electron chi connectivity index (χ1n) is 7.38. The van der Waals surface area contributed by atoms with E-state index < -0.39 is 10.0 Å². The van der Waals surface area contributed by atoms with Gasteiger partial charge in [0.15, 0.2) is 5.96 Å². The maximum absolute atomic E-state index is 12.2. The lowest BCUT2D eigenvalue weighted by Gasteiger charge is -2.06. The van der Waals surface area contributed by atoms with Crippen molar-refractivity contribution < 1.29 is 8.42 Å². The van der Waals surface area contributed by atoms with E-state index in [1.165, 1.54) is 23.5 Å². The highest BCUT2D eigenvalue weighted by Crippen LogP contribution is 2.22. The Labute approximate surface area is 159 Å². The number of aromatic nitrogens is 1. The summed E-state index contributed by atoms with van der Waals surface area (Å²) in [7, 11) is -3.78. The molecule has 0 amide bonds. The first-order valence-corrected chi connectivity index (χ1v) is 10.9. The Morgan fingerprint density at radius 2 is 2.00 bits per heavy atom. The molecule has 0 saturated carbocycles. The largest absolute Gasteiger partial charge is 0.370 e. The number of thioether (sulfide) groups is 1. The third-order valence-corrected chi connectivity index (χ3v) is 6.04. The number of hydrazine groups is 1. The van der Waals surface area contributed by atoms with Crippen LogP contribution in [0.1, 0.15) is 12.1 Å². The molecule has 0 radical (unpaired) electrons. The van der Waals surface area contributed by atoms with Crippen LogP contribution in [0.4, 0.5) is 5.13 Å². The lowest BCUT2D eigenvalue weighted by molar-refractivity contribution is 0.597. The van der Waals surface area contributed by atoms with E-state index in [0.29, 0.717) is 23.1 Å². The van der Waals surface area contributed by atoms with E-state index >= 15 is 0 Å². The molecule has 0 atom stereocenters. The number of thiazole rings is 1. The molecule has 0 aliphatic carbocycles. The first kappa shape index (κ1) is 20.2. The van der Waals surface area contributed by atoms with Gasteiger partial charge < -0.3 is 16.9 Å². The average molecular weight is 414 g/mol. The molecule has 1 aromatic heterocycles. The maximum Gasteiger partial charge on any atom is 0.283 e. The van der Waals surface area contributed by atoms with Gasteiger partial charge in [-0.25, -0.2) is 10.8 Å². The minimum Gasteiger partial charge on any atom is -0.370 e. The quantitative estimate of drug-likeness (QED) is 0.163. The predicted octanol–water partition coefficient (Wildman–Crippen LogP) is 0.922. The zero-order valence-corrected chi connectivity index (χ0v) is 16.1. The minimum atomic E-state index is -3.78. The number of guanidine groups is 1. The van der Waals surface area contributed by atoms with Crippen molar-refractivity contribution in [2.75, 3.05) is 5.75 Å². The summed E-state index contributed by atoms with van der Waals surface area (Å²) >= 11 is 2.91. The monoisotopic (exact) mass is 413 g/mol. The van der Waals surface area contributed by atoms with Crippen LogP contribution in [0.25, 0.3) is 0 Å². The molecule has 1 heterocycles. The Morgan fingerprint density at radius 1 is 1.27 bits per heavy atom. The van der Waals surface area contributed by atoms with E-state index in [-0.39, 0.29) is 16.7 Å². The van der Waals surface area contributed by atoms with Crippen molar-refractivity contribution >= 4 is 50.0 Å². The summed E-state index contributed by atoms with van der Waals surface area (Å²) in [5, 5.41) is 2.37. The minimum absolute atomic E-state index is 0.0342. The SMILES string of the molecule is NNC(CCSCc1csc(N=C(N)N)n1)=NS(=O)(=O)c1ccccc1. The molecular formula is C14H19N7O2S3. The normalized spacial score (nSPS) is 12.0. The summed E-state index contributed by atoms with van der Waals surface area (Å²) in [4.78, 5) is 8.27. The number of benzene rings is 1. The molecule has 0 unspecified atom stereocenters. The number of amidine groups is 1. The van der Waals surface area contributed by atoms with Crippen LogP contribution >= 0.6 is 23.1 Å². The van der Waals surface area contributed by atoms with Crippen LogP contribution in [0.15, 0.2) is 50.0 Å². The van der Waals surface area contributed by atoms with Gasteiger partial charge in [0.25, 0.3) is 10.0 Å². The zero-order valence-electron chi connectivity index (χ0n) is 13.7. The Balaban J connectivity index is 1.89. The van der Waals surface area contributed by atoms with Crippen molar-refractivity contribution in [3.05, 3.63) is 41.4 Å². The zero-order chi connectivity index (χ0) is 19.0. The van der Waals surface area contributed by atoms with Crippen LogP contribution in [-0.4, -0.2) is 30.9 Å². The summed E-state index contributed by atoms with van der Waals surface area (Å²) in [5.41, 5.74) is 13.8. The van der Waals surface area contributed by atoms with E-state index in [9.17, 15) is 8.42 Å². The molecule has 12 heteroatoms. The van der Waals surface area contributed by atoms with Crippen LogP contribution in [-0.2, 0) is 15.8 Å². The van der Waals surface area contributed by atoms with Crippen molar-refractivity contribution in [2.45, 2.75) is 17.1 Å². The fourth-order valence-electron chi connectivity index (χ4n) is 1.80. The number of nitrogens with one attached hydrogen (secondary N) is 1. The molecule has 140 valence electrons. The fraction of sp³-hybridized carbons (Fsp3) is 0.214. The number of nitrogens with two attached hydrogens (primary N) is 3. The standard InChI is InChI=1S/C14H19N7O2S3/c15-13(16)19-14-18-10(9-25-14)8-24-7-6-12(20-17)21-26(22,23)11-4-2-1-3-5-11/h1-5,9H,6-8,17H2,(H,20,21)(H4,15,16,18,19). The second-order valence-corrected chi connectivity index (χ2v) is 8.48. The van der Waals surface area contributed by atoms with Gasteiger partial charge in [-0.3, -0.25) is 0 Å². The third-order valence-electron chi connectivity index (χ3n) is 2.94. The van der Waals surface area contributed by atoms with Crippen LogP contribution in [0, 0.1) is 0 Å². The molecule has 0 spiro atoms. The second kappa shape index (κ2) is 9.52. The average Bonchev–Trinajstić information content (AvgIpc) is 3.04. The topological polar surface area (TPSA) is 162 Å².